The highest BCUT2D eigenvalue weighted by molar-refractivity contribution is 5.99. The molecule has 3 heteroatoms. The highest BCUT2D eigenvalue weighted by atomic mass is 19.1. The van der Waals surface area contributed by atoms with Gasteiger partial charge in [0.15, 0.2) is 12.0 Å². The zero-order valence-electron chi connectivity index (χ0n) is 12.9. The SMILES string of the molecule is CCCC1CCC(c2ccc(C(=O)C(C)F)c(F)c2)CC1. The van der Waals surface area contributed by atoms with Gasteiger partial charge in [-0.1, -0.05) is 25.8 Å². The Balaban J connectivity index is 2.06. The molecule has 1 saturated carbocycles. The van der Waals surface area contributed by atoms with E-state index < -0.39 is 17.8 Å². The van der Waals surface area contributed by atoms with Gasteiger partial charge in [-0.2, -0.15) is 0 Å². The molecule has 1 fully saturated rings. The number of benzene rings is 1. The fraction of sp³-hybridized carbons (Fsp3) is 0.611. The fourth-order valence-corrected chi connectivity index (χ4v) is 3.39. The second-order valence-corrected chi connectivity index (χ2v) is 6.23. The van der Waals surface area contributed by atoms with Gasteiger partial charge in [-0.3, -0.25) is 4.79 Å². The van der Waals surface area contributed by atoms with Crippen molar-refractivity contribution in [2.45, 2.75) is 64.5 Å². The Morgan fingerprint density at radius 2 is 1.95 bits per heavy atom. The summed E-state index contributed by atoms with van der Waals surface area (Å²) in [6.07, 6.45) is 5.40. The second kappa shape index (κ2) is 7.15. The van der Waals surface area contributed by atoms with Crippen LogP contribution in [0.4, 0.5) is 8.78 Å². The number of carbonyl (C=O) groups is 1. The topological polar surface area (TPSA) is 17.1 Å². The fourth-order valence-electron chi connectivity index (χ4n) is 3.39. The lowest BCUT2D eigenvalue weighted by atomic mass is 9.77. The van der Waals surface area contributed by atoms with Gasteiger partial charge in [-0.25, -0.2) is 8.78 Å². The summed E-state index contributed by atoms with van der Waals surface area (Å²) in [5, 5.41) is 0. The molecule has 21 heavy (non-hydrogen) atoms. The number of halogens is 2. The Bertz CT molecular complexity index is 488. The van der Waals surface area contributed by atoms with Crippen molar-refractivity contribution < 1.29 is 13.6 Å². The molecular formula is C18H24F2O. The second-order valence-electron chi connectivity index (χ2n) is 6.23. The molecule has 1 aromatic carbocycles. The van der Waals surface area contributed by atoms with Crippen LogP contribution in [-0.2, 0) is 0 Å². The van der Waals surface area contributed by atoms with Gasteiger partial charge in [0, 0.05) is 0 Å². The molecule has 1 aromatic rings. The van der Waals surface area contributed by atoms with E-state index in [9.17, 15) is 13.6 Å². The third-order valence-corrected chi connectivity index (χ3v) is 4.63. The van der Waals surface area contributed by atoms with Crippen molar-refractivity contribution in [3.8, 4) is 0 Å². The van der Waals surface area contributed by atoms with E-state index in [0.29, 0.717) is 5.92 Å². The van der Waals surface area contributed by atoms with Crippen LogP contribution in [0.1, 0.15) is 74.2 Å². The van der Waals surface area contributed by atoms with Crippen molar-refractivity contribution in [1.82, 2.24) is 0 Å². The number of carbonyl (C=O) groups excluding carboxylic acids is 1. The molecule has 0 saturated heterocycles. The van der Waals surface area contributed by atoms with Crippen LogP contribution in [0, 0.1) is 11.7 Å². The molecule has 2 rings (SSSR count). The Hall–Kier alpha value is -1.25. The van der Waals surface area contributed by atoms with E-state index in [1.807, 2.05) is 0 Å². The molecule has 116 valence electrons. The maximum Gasteiger partial charge on any atom is 0.199 e. The molecule has 0 N–H and O–H groups in total. The molecule has 1 nitrogen and oxygen atoms in total. The van der Waals surface area contributed by atoms with Gasteiger partial charge in [0.25, 0.3) is 0 Å². The lowest BCUT2D eigenvalue weighted by Crippen LogP contribution is -2.16. The molecule has 1 unspecified atom stereocenters. The lowest BCUT2D eigenvalue weighted by Gasteiger charge is -2.28. The monoisotopic (exact) mass is 294 g/mol. The van der Waals surface area contributed by atoms with Gasteiger partial charge in [0.2, 0.25) is 0 Å². The summed E-state index contributed by atoms with van der Waals surface area (Å²) in [5.41, 5.74) is 0.818. The minimum Gasteiger partial charge on any atom is -0.291 e. The maximum atomic E-state index is 14.0. The standard InChI is InChI=1S/C18H24F2O/c1-3-4-13-5-7-14(8-6-13)15-9-10-16(17(20)11-15)18(21)12(2)19/h9-14H,3-8H2,1-2H3. The van der Waals surface area contributed by atoms with Crippen LogP contribution in [0.2, 0.25) is 0 Å². The Morgan fingerprint density at radius 3 is 2.48 bits per heavy atom. The Kier molecular flexibility index (Phi) is 5.49. The van der Waals surface area contributed by atoms with E-state index in [0.717, 1.165) is 31.2 Å². The van der Waals surface area contributed by atoms with Crippen LogP contribution < -0.4 is 0 Å². The average molecular weight is 294 g/mol. The first-order valence-electron chi connectivity index (χ1n) is 8.00. The van der Waals surface area contributed by atoms with Crippen molar-refractivity contribution >= 4 is 5.78 Å². The van der Waals surface area contributed by atoms with Crippen LogP contribution in [-0.4, -0.2) is 12.0 Å². The molecule has 1 atom stereocenters. The molecule has 0 heterocycles. The van der Waals surface area contributed by atoms with Gasteiger partial charge in [0.1, 0.15) is 5.82 Å². The average Bonchev–Trinajstić information content (AvgIpc) is 2.47. The van der Waals surface area contributed by atoms with Crippen LogP contribution in [0.3, 0.4) is 0 Å². The smallest absolute Gasteiger partial charge is 0.199 e. The van der Waals surface area contributed by atoms with Crippen molar-refractivity contribution in [3.63, 3.8) is 0 Å². The molecule has 1 aliphatic rings. The molecule has 0 radical (unpaired) electrons. The first-order chi connectivity index (χ1) is 10.0. The van der Waals surface area contributed by atoms with E-state index in [4.69, 9.17) is 0 Å². The summed E-state index contributed by atoms with van der Waals surface area (Å²) in [7, 11) is 0. The lowest BCUT2D eigenvalue weighted by molar-refractivity contribution is 0.0888. The molecule has 0 bridgehead atoms. The number of alkyl halides is 1. The predicted octanol–water partition coefficient (Wildman–Crippen LogP) is 5.44. The van der Waals surface area contributed by atoms with Gasteiger partial charge < -0.3 is 0 Å². The Morgan fingerprint density at radius 1 is 1.29 bits per heavy atom. The largest absolute Gasteiger partial charge is 0.291 e. The minimum atomic E-state index is -1.66. The summed E-state index contributed by atoms with van der Waals surface area (Å²) in [5.74, 6) is -0.174. The van der Waals surface area contributed by atoms with Crippen molar-refractivity contribution in [2.75, 3.05) is 0 Å². The van der Waals surface area contributed by atoms with Gasteiger partial charge in [0.05, 0.1) is 5.56 Å². The number of hydrogen-bond acceptors (Lipinski definition) is 1. The normalized spacial score (nSPS) is 23.8. The summed E-state index contributed by atoms with van der Waals surface area (Å²) >= 11 is 0. The van der Waals surface area contributed by atoms with Gasteiger partial charge in [-0.05, 0) is 62.1 Å². The molecule has 0 aliphatic heterocycles. The predicted molar refractivity (Wildman–Crippen MR) is 80.9 cm³/mol. The zero-order chi connectivity index (χ0) is 15.4. The maximum absolute atomic E-state index is 14.0. The third-order valence-electron chi connectivity index (χ3n) is 4.63. The van der Waals surface area contributed by atoms with E-state index in [2.05, 4.69) is 6.92 Å². The molecular weight excluding hydrogens is 270 g/mol. The minimum absolute atomic E-state index is 0.131. The van der Waals surface area contributed by atoms with Gasteiger partial charge >= 0.3 is 0 Å². The number of hydrogen-bond donors (Lipinski definition) is 0. The van der Waals surface area contributed by atoms with Crippen LogP contribution in [0.25, 0.3) is 0 Å². The third kappa shape index (κ3) is 3.90. The van der Waals surface area contributed by atoms with Gasteiger partial charge in [-0.15, -0.1) is 0 Å². The Labute approximate surface area is 125 Å². The van der Waals surface area contributed by atoms with Crippen molar-refractivity contribution in [1.29, 1.82) is 0 Å². The molecule has 0 aromatic heterocycles. The van der Waals surface area contributed by atoms with Crippen molar-refractivity contribution in [3.05, 3.63) is 35.1 Å². The van der Waals surface area contributed by atoms with Crippen LogP contribution >= 0.6 is 0 Å². The molecule has 0 amide bonds. The first-order valence-corrected chi connectivity index (χ1v) is 8.00. The number of ketones is 1. The zero-order valence-corrected chi connectivity index (χ0v) is 12.9. The van der Waals surface area contributed by atoms with Crippen molar-refractivity contribution in [2.24, 2.45) is 5.92 Å². The number of Topliss-reactive ketones (excluding diaryl/α,β-unsaturated/α-hetero) is 1. The van der Waals surface area contributed by atoms with E-state index in [1.54, 1.807) is 6.07 Å². The number of rotatable bonds is 5. The van der Waals surface area contributed by atoms with Crippen LogP contribution in [0.15, 0.2) is 18.2 Å². The summed E-state index contributed by atoms with van der Waals surface area (Å²) in [4.78, 5) is 11.6. The summed E-state index contributed by atoms with van der Waals surface area (Å²) in [6.45, 7) is 3.35. The van der Waals surface area contributed by atoms with E-state index >= 15 is 0 Å². The molecule has 1 aliphatic carbocycles. The van der Waals surface area contributed by atoms with E-state index in [1.165, 1.54) is 37.8 Å². The highest BCUT2D eigenvalue weighted by Gasteiger charge is 2.24. The molecule has 0 spiro atoms. The van der Waals surface area contributed by atoms with E-state index in [-0.39, 0.29) is 5.56 Å². The highest BCUT2D eigenvalue weighted by Crippen LogP contribution is 2.37. The first kappa shape index (κ1) is 16.1. The summed E-state index contributed by atoms with van der Waals surface area (Å²) < 4.78 is 27.0. The van der Waals surface area contributed by atoms with Crippen LogP contribution in [0.5, 0.6) is 0 Å². The summed E-state index contributed by atoms with van der Waals surface area (Å²) in [6, 6.07) is 4.67. The quantitative estimate of drug-likeness (QED) is 0.661.